The summed E-state index contributed by atoms with van der Waals surface area (Å²) in [6.45, 7) is 4.29. The quantitative estimate of drug-likeness (QED) is 0.682. The van der Waals surface area contributed by atoms with Gasteiger partial charge in [0, 0.05) is 32.7 Å². The molecule has 1 aliphatic rings. The van der Waals surface area contributed by atoms with Crippen LogP contribution in [0.25, 0.3) is 0 Å². The Balaban J connectivity index is 2.33. The van der Waals surface area contributed by atoms with Crippen LogP contribution in [-0.4, -0.2) is 43.7 Å². The normalized spacial score (nSPS) is 25.9. The van der Waals surface area contributed by atoms with E-state index in [9.17, 15) is 4.79 Å². The first-order chi connectivity index (χ1) is 7.19. The van der Waals surface area contributed by atoms with Crippen LogP contribution >= 0.6 is 0 Å². The minimum atomic E-state index is 0.246. The average molecular weight is 214 g/mol. The van der Waals surface area contributed by atoms with Crippen LogP contribution < -0.4 is 5.73 Å². The van der Waals surface area contributed by atoms with E-state index in [0.717, 1.165) is 19.4 Å². The molecule has 2 N–H and O–H groups in total. The van der Waals surface area contributed by atoms with Gasteiger partial charge in [-0.2, -0.15) is 0 Å². The molecule has 0 saturated carbocycles. The smallest absolute Gasteiger partial charge is 0.222 e. The standard InChI is InChI=1S/C11H22N2O2/c1-9-6-10(7-12)8-13(9)11(14)4-3-5-15-2/h9-10H,3-8,12H2,1-2H3. The van der Waals surface area contributed by atoms with Crippen molar-refractivity contribution in [3.8, 4) is 0 Å². The van der Waals surface area contributed by atoms with E-state index in [1.807, 2.05) is 4.90 Å². The van der Waals surface area contributed by atoms with Gasteiger partial charge in [-0.3, -0.25) is 4.79 Å². The fraction of sp³-hybridized carbons (Fsp3) is 0.909. The molecule has 1 aliphatic heterocycles. The van der Waals surface area contributed by atoms with Crippen molar-refractivity contribution < 1.29 is 9.53 Å². The minimum absolute atomic E-state index is 0.246. The molecular weight excluding hydrogens is 192 g/mol. The van der Waals surface area contributed by atoms with E-state index in [2.05, 4.69) is 6.92 Å². The second kappa shape index (κ2) is 6.08. The number of nitrogens with two attached hydrogens (primary N) is 1. The third-order valence-electron chi connectivity index (χ3n) is 3.05. The molecule has 1 heterocycles. The van der Waals surface area contributed by atoms with Gasteiger partial charge in [0.2, 0.25) is 5.91 Å². The number of ether oxygens (including phenoxy) is 1. The number of nitrogens with zero attached hydrogens (tertiary/aromatic N) is 1. The summed E-state index contributed by atoms with van der Waals surface area (Å²) in [5, 5.41) is 0. The molecule has 0 spiro atoms. The van der Waals surface area contributed by atoms with Crippen LogP contribution in [0.4, 0.5) is 0 Å². The van der Waals surface area contributed by atoms with E-state index in [-0.39, 0.29) is 5.91 Å². The van der Waals surface area contributed by atoms with Crippen molar-refractivity contribution >= 4 is 5.91 Å². The first kappa shape index (κ1) is 12.5. The molecule has 0 aromatic rings. The van der Waals surface area contributed by atoms with Crippen molar-refractivity contribution in [2.45, 2.75) is 32.2 Å². The molecule has 0 aliphatic carbocycles. The number of likely N-dealkylation sites (tertiary alicyclic amines) is 1. The molecule has 0 bridgehead atoms. The zero-order valence-electron chi connectivity index (χ0n) is 9.74. The lowest BCUT2D eigenvalue weighted by Gasteiger charge is -2.21. The Morgan fingerprint density at radius 2 is 2.33 bits per heavy atom. The molecule has 88 valence electrons. The maximum Gasteiger partial charge on any atom is 0.222 e. The summed E-state index contributed by atoms with van der Waals surface area (Å²) in [6, 6.07) is 0.355. The number of hydrogen-bond donors (Lipinski definition) is 1. The van der Waals surface area contributed by atoms with Crippen LogP contribution in [0.15, 0.2) is 0 Å². The van der Waals surface area contributed by atoms with Gasteiger partial charge in [0.05, 0.1) is 0 Å². The zero-order valence-corrected chi connectivity index (χ0v) is 9.74. The lowest BCUT2D eigenvalue weighted by atomic mass is 10.1. The number of amides is 1. The SMILES string of the molecule is COCCCC(=O)N1CC(CN)CC1C. The van der Waals surface area contributed by atoms with Crippen LogP contribution in [0.3, 0.4) is 0 Å². The van der Waals surface area contributed by atoms with E-state index < -0.39 is 0 Å². The highest BCUT2D eigenvalue weighted by Crippen LogP contribution is 2.22. The van der Waals surface area contributed by atoms with Gasteiger partial charge in [-0.15, -0.1) is 0 Å². The van der Waals surface area contributed by atoms with Crippen LogP contribution in [0.1, 0.15) is 26.2 Å². The summed E-state index contributed by atoms with van der Waals surface area (Å²) >= 11 is 0. The van der Waals surface area contributed by atoms with Gasteiger partial charge in [-0.05, 0) is 32.2 Å². The van der Waals surface area contributed by atoms with Gasteiger partial charge in [0.15, 0.2) is 0 Å². The molecule has 15 heavy (non-hydrogen) atoms. The number of rotatable bonds is 5. The number of methoxy groups -OCH3 is 1. The summed E-state index contributed by atoms with van der Waals surface area (Å²) in [7, 11) is 1.66. The predicted octanol–water partition coefficient (Wildman–Crippen LogP) is 0.609. The average Bonchev–Trinajstić information content (AvgIpc) is 2.60. The van der Waals surface area contributed by atoms with Gasteiger partial charge in [0.25, 0.3) is 0 Å². The molecule has 2 atom stereocenters. The maximum absolute atomic E-state index is 11.8. The summed E-state index contributed by atoms with van der Waals surface area (Å²) in [6.07, 6.45) is 2.45. The van der Waals surface area contributed by atoms with Gasteiger partial charge in [0.1, 0.15) is 0 Å². The van der Waals surface area contributed by atoms with Crippen molar-refractivity contribution in [3.63, 3.8) is 0 Å². The Kier molecular flexibility index (Phi) is 5.05. The summed E-state index contributed by atoms with van der Waals surface area (Å²) in [5.74, 6) is 0.738. The van der Waals surface area contributed by atoms with E-state index >= 15 is 0 Å². The van der Waals surface area contributed by atoms with Crippen molar-refractivity contribution in [1.82, 2.24) is 4.90 Å². The van der Waals surface area contributed by atoms with E-state index in [0.29, 0.717) is 31.5 Å². The van der Waals surface area contributed by atoms with Crippen molar-refractivity contribution in [2.24, 2.45) is 11.7 Å². The number of carbonyl (C=O) groups is 1. The third kappa shape index (κ3) is 3.47. The first-order valence-corrected chi connectivity index (χ1v) is 5.67. The third-order valence-corrected chi connectivity index (χ3v) is 3.05. The number of hydrogen-bond acceptors (Lipinski definition) is 3. The van der Waals surface area contributed by atoms with Gasteiger partial charge in [-0.25, -0.2) is 0 Å². The zero-order chi connectivity index (χ0) is 11.3. The lowest BCUT2D eigenvalue weighted by molar-refractivity contribution is -0.132. The minimum Gasteiger partial charge on any atom is -0.385 e. The summed E-state index contributed by atoms with van der Waals surface area (Å²) < 4.78 is 4.93. The van der Waals surface area contributed by atoms with Crippen LogP contribution in [-0.2, 0) is 9.53 Å². The Hall–Kier alpha value is -0.610. The molecule has 1 fully saturated rings. The molecule has 0 aromatic carbocycles. The molecule has 2 unspecified atom stereocenters. The highest BCUT2D eigenvalue weighted by atomic mass is 16.5. The van der Waals surface area contributed by atoms with E-state index in [4.69, 9.17) is 10.5 Å². The maximum atomic E-state index is 11.8. The van der Waals surface area contributed by atoms with Crippen LogP contribution in [0.5, 0.6) is 0 Å². The van der Waals surface area contributed by atoms with Crippen molar-refractivity contribution in [2.75, 3.05) is 26.8 Å². The molecule has 4 nitrogen and oxygen atoms in total. The van der Waals surface area contributed by atoms with Crippen molar-refractivity contribution in [1.29, 1.82) is 0 Å². The largest absolute Gasteiger partial charge is 0.385 e. The van der Waals surface area contributed by atoms with Gasteiger partial charge in [-0.1, -0.05) is 0 Å². The molecular formula is C11H22N2O2. The highest BCUT2D eigenvalue weighted by molar-refractivity contribution is 5.76. The summed E-state index contributed by atoms with van der Waals surface area (Å²) in [5.41, 5.74) is 5.62. The first-order valence-electron chi connectivity index (χ1n) is 5.67. The van der Waals surface area contributed by atoms with E-state index in [1.165, 1.54) is 0 Å². The van der Waals surface area contributed by atoms with Crippen LogP contribution in [0, 0.1) is 5.92 Å². The topological polar surface area (TPSA) is 55.6 Å². The Morgan fingerprint density at radius 3 is 2.87 bits per heavy atom. The second-order valence-corrected chi connectivity index (χ2v) is 4.33. The molecule has 0 radical (unpaired) electrons. The molecule has 4 heteroatoms. The Bertz CT molecular complexity index is 209. The predicted molar refractivity (Wildman–Crippen MR) is 59.4 cm³/mol. The molecule has 1 amide bonds. The molecule has 1 saturated heterocycles. The highest BCUT2D eigenvalue weighted by Gasteiger charge is 2.30. The van der Waals surface area contributed by atoms with Crippen molar-refractivity contribution in [3.05, 3.63) is 0 Å². The Labute approximate surface area is 91.8 Å². The fourth-order valence-electron chi connectivity index (χ4n) is 2.17. The summed E-state index contributed by atoms with van der Waals surface area (Å²) in [4.78, 5) is 13.8. The Morgan fingerprint density at radius 1 is 1.60 bits per heavy atom. The molecule has 0 aromatic heterocycles. The van der Waals surface area contributed by atoms with Gasteiger partial charge < -0.3 is 15.4 Å². The van der Waals surface area contributed by atoms with Gasteiger partial charge >= 0.3 is 0 Å². The molecule has 1 rings (SSSR count). The number of carbonyl (C=O) groups excluding carboxylic acids is 1. The second-order valence-electron chi connectivity index (χ2n) is 4.33. The monoisotopic (exact) mass is 214 g/mol. The van der Waals surface area contributed by atoms with E-state index in [1.54, 1.807) is 7.11 Å². The fourth-order valence-corrected chi connectivity index (χ4v) is 2.17. The lowest BCUT2D eigenvalue weighted by Crippen LogP contribution is -2.34. The van der Waals surface area contributed by atoms with Crippen LogP contribution in [0.2, 0.25) is 0 Å².